The lowest BCUT2D eigenvalue weighted by Gasteiger charge is -2.01. The molecule has 0 aliphatic heterocycles. The Kier molecular flexibility index (Phi) is 3.18. The van der Waals surface area contributed by atoms with E-state index in [9.17, 15) is 4.79 Å². The van der Waals surface area contributed by atoms with E-state index in [1.165, 1.54) is 6.20 Å². The first-order valence-electron chi connectivity index (χ1n) is 5.43. The predicted octanol–water partition coefficient (Wildman–Crippen LogP) is 2.05. The van der Waals surface area contributed by atoms with Gasteiger partial charge in [-0.2, -0.15) is 5.10 Å². The van der Waals surface area contributed by atoms with Crippen LogP contribution in [-0.4, -0.2) is 25.8 Å². The Morgan fingerprint density at radius 3 is 3.06 bits per heavy atom. The van der Waals surface area contributed by atoms with Crippen LogP contribution in [0.1, 0.15) is 23.8 Å². The van der Waals surface area contributed by atoms with Crippen LogP contribution < -0.4 is 0 Å². The monoisotopic (exact) mass is 231 g/mol. The fraction of sp³-hybridized carbons (Fsp3) is 0.250. The topological polar surface area (TPSA) is 68.0 Å². The van der Waals surface area contributed by atoms with Crippen molar-refractivity contribution in [2.75, 3.05) is 0 Å². The van der Waals surface area contributed by atoms with Crippen LogP contribution in [0.3, 0.4) is 0 Å². The Balaban J connectivity index is 2.41. The van der Waals surface area contributed by atoms with E-state index in [2.05, 4.69) is 17.0 Å². The molecule has 2 aromatic rings. The Bertz CT molecular complexity index is 534. The number of aromatic carboxylic acids is 1. The minimum absolute atomic E-state index is 0.0588. The van der Waals surface area contributed by atoms with Crippen molar-refractivity contribution >= 4 is 5.97 Å². The van der Waals surface area contributed by atoms with Crippen LogP contribution >= 0.6 is 0 Å². The van der Waals surface area contributed by atoms with E-state index in [1.54, 1.807) is 23.0 Å². The molecule has 0 amide bonds. The van der Waals surface area contributed by atoms with Crippen LogP contribution in [0.5, 0.6) is 0 Å². The molecule has 0 unspecified atom stereocenters. The number of pyridine rings is 1. The van der Waals surface area contributed by atoms with Gasteiger partial charge >= 0.3 is 5.97 Å². The van der Waals surface area contributed by atoms with Crippen LogP contribution in [0.2, 0.25) is 0 Å². The third kappa shape index (κ3) is 2.33. The van der Waals surface area contributed by atoms with Crippen molar-refractivity contribution < 1.29 is 9.90 Å². The van der Waals surface area contributed by atoms with Gasteiger partial charge in [0, 0.05) is 30.1 Å². The summed E-state index contributed by atoms with van der Waals surface area (Å²) >= 11 is 0. The van der Waals surface area contributed by atoms with E-state index in [0.29, 0.717) is 5.56 Å². The van der Waals surface area contributed by atoms with Crippen LogP contribution in [-0.2, 0) is 6.54 Å². The van der Waals surface area contributed by atoms with Crippen molar-refractivity contribution in [2.24, 2.45) is 0 Å². The molecule has 2 rings (SSSR count). The molecule has 0 aliphatic carbocycles. The van der Waals surface area contributed by atoms with Gasteiger partial charge in [-0.05, 0) is 12.5 Å². The minimum Gasteiger partial charge on any atom is -0.476 e. The number of carboxylic acids is 1. The maximum atomic E-state index is 11.0. The first kappa shape index (κ1) is 11.3. The van der Waals surface area contributed by atoms with Gasteiger partial charge in [0.2, 0.25) is 0 Å². The van der Waals surface area contributed by atoms with Gasteiger partial charge in [-0.15, -0.1) is 0 Å². The predicted molar refractivity (Wildman–Crippen MR) is 62.7 cm³/mol. The number of hydrogen-bond donors (Lipinski definition) is 1. The van der Waals surface area contributed by atoms with Crippen molar-refractivity contribution in [3.63, 3.8) is 0 Å². The van der Waals surface area contributed by atoms with E-state index in [-0.39, 0.29) is 5.69 Å². The second-order valence-corrected chi connectivity index (χ2v) is 3.70. The summed E-state index contributed by atoms with van der Waals surface area (Å²) in [6.45, 7) is 2.89. The lowest BCUT2D eigenvalue weighted by atomic mass is 10.1. The Hall–Kier alpha value is -2.17. The van der Waals surface area contributed by atoms with Crippen molar-refractivity contribution in [3.05, 3.63) is 36.4 Å². The highest BCUT2D eigenvalue weighted by Crippen LogP contribution is 2.21. The molecule has 0 atom stereocenters. The number of carboxylic acid groups (broad SMARTS) is 1. The molecule has 0 aliphatic rings. The fourth-order valence-corrected chi connectivity index (χ4v) is 1.66. The molecule has 88 valence electrons. The summed E-state index contributed by atoms with van der Waals surface area (Å²) in [5, 5.41) is 13.2. The molecule has 0 radical (unpaired) electrons. The maximum Gasteiger partial charge on any atom is 0.355 e. The van der Waals surface area contributed by atoms with Gasteiger partial charge in [0.15, 0.2) is 5.69 Å². The van der Waals surface area contributed by atoms with E-state index in [1.807, 2.05) is 6.20 Å². The molecule has 5 heteroatoms. The van der Waals surface area contributed by atoms with Gasteiger partial charge < -0.3 is 5.11 Å². The van der Waals surface area contributed by atoms with Crippen LogP contribution in [0.4, 0.5) is 0 Å². The third-order valence-electron chi connectivity index (χ3n) is 2.41. The van der Waals surface area contributed by atoms with E-state index < -0.39 is 5.97 Å². The molecular formula is C12H13N3O2. The van der Waals surface area contributed by atoms with Crippen LogP contribution in [0, 0.1) is 0 Å². The standard InChI is InChI=1S/C12H13N3O2/c1-2-6-15-8-9(7-14-15)10-4-3-5-13-11(10)12(16)17/h3-5,7-8H,2,6H2,1H3,(H,16,17). The van der Waals surface area contributed by atoms with Gasteiger partial charge in [0.05, 0.1) is 6.20 Å². The van der Waals surface area contributed by atoms with Crippen molar-refractivity contribution in [2.45, 2.75) is 19.9 Å². The molecule has 1 N–H and O–H groups in total. The second kappa shape index (κ2) is 4.78. The van der Waals surface area contributed by atoms with E-state index >= 15 is 0 Å². The molecular weight excluding hydrogens is 218 g/mol. The van der Waals surface area contributed by atoms with Crippen molar-refractivity contribution in [3.8, 4) is 11.1 Å². The number of carbonyl (C=O) groups is 1. The summed E-state index contributed by atoms with van der Waals surface area (Å²) in [7, 11) is 0. The van der Waals surface area contributed by atoms with Crippen LogP contribution in [0.25, 0.3) is 11.1 Å². The lowest BCUT2D eigenvalue weighted by Crippen LogP contribution is -2.02. The van der Waals surface area contributed by atoms with Gasteiger partial charge in [0.1, 0.15) is 0 Å². The first-order chi connectivity index (χ1) is 8.22. The summed E-state index contributed by atoms with van der Waals surface area (Å²) in [5.74, 6) is -1.02. The van der Waals surface area contributed by atoms with E-state index in [4.69, 9.17) is 5.11 Å². The molecule has 2 aromatic heterocycles. The molecule has 2 heterocycles. The number of aromatic nitrogens is 3. The molecule has 0 spiro atoms. The Labute approximate surface area is 98.7 Å². The molecule has 0 saturated heterocycles. The van der Waals surface area contributed by atoms with E-state index in [0.717, 1.165) is 18.5 Å². The Morgan fingerprint density at radius 2 is 2.35 bits per heavy atom. The van der Waals surface area contributed by atoms with Gasteiger partial charge in [-0.3, -0.25) is 4.68 Å². The summed E-state index contributed by atoms with van der Waals surface area (Å²) in [6, 6.07) is 3.46. The smallest absolute Gasteiger partial charge is 0.355 e. The molecule has 0 saturated carbocycles. The first-order valence-corrected chi connectivity index (χ1v) is 5.43. The molecule has 17 heavy (non-hydrogen) atoms. The molecule has 0 fully saturated rings. The zero-order valence-corrected chi connectivity index (χ0v) is 9.50. The zero-order chi connectivity index (χ0) is 12.3. The van der Waals surface area contributed by atoms with Crippen molar-refractivity contribution in [1.29, 1.82) is 0 Å². The van der Waals surface area contributed by atoms with Gasteiger partial charge in [-0.1, -0.05) is 13.0 Å². The number of aryl methyl sites for hydroxylation is 1. The fourth-order valence-electron chi connectivity index (χ4n) is 1.66. The Morgan fingerprint density at radius 1 is 1.53 bits per heavy atom. The van der Waals surface area contributed by atoms with Crippen LogP contribution in [0.15, 0.2) is 30.7 Å². The number of rotatable bonds is 4. The lowest BCUT2D eigenvalue weighted by molar-refractivity contribution is 0.0691. The second-order valence-electron chi connectivity index (χ2n) is 3.70. The maximum absolute atomic E-state index is 11.0. The molecule has 0 aromatic carbocycles. The van der Waals surface area contributed by atoms with Gasteiger partial charge in [0.25, 0.3) is 0 Å². The summed E-state index contributed by atoms with van der Waals surface area (Å²) < 4.78 is 1.80. The SMILES string of the molecule is CCCn1cc(-c2cccnc2C(=O)O)cn1. The average Bonchev–Trinajstić information content (AvgIpc) is 2.78. The summed E-state index contributed by atoms with van der Waals surface area (Å²) in [5.41, 5.74) is 1.44. The quantitative estimate of drug-likeness (QED) is 0.874. The highest BCUT2D eigenvalue weighted by Gasteiger charge is 2.13. The average molecular weight is 231 g/mol. The normalized spacial score (nSPS) is 10.4. The highest BCUT2D eigenvalue weighted by atomic mass is 16.4. The van der Waals surface area contributed by atoms with Gasteiger partial charge in [-0.25, -0.2) is 9.78 Å². The minimum atomic E-state index is -1.02. The largest absolute Gasteiger partial charge is 0.476 e. The summed E-state index contributed by atoms with van der Waals surface area (Å²) in [6.07, 6.45) is 5.97. The highest BCUT2D eigenvalue weighted by molar-refractivity contribution is 5.93. The zero-order valence-electron chi connectivity index (χ0n) is 9.50. The third-order valence-corrected chi connectivity index (χ3v) is 2.41. The number of hydrogen-bond acceptors (Lipinski definition) is 3. The summed E-state index contributed by atoms with van der Waals surface area (Å²) in [4.78, 5) is 14.9. The molecule has 0 bridgehead atoms. The number of nitrogens with zero attached hydrogens (tertiary/aromatic N) is 3. The molecule has 5 nitrogen and oxygen atoms in total. The van der Waals surface area contributed by atoms with Crippen molar-refractivity contribution in [1.82, 2.24) is 14.8 Å².